The van der Waals surface area contributed by atoms with Gasteiger partial charge in [0.05, 0.1) is 17.2 Å². The van der Waals surface area contributed by atoms with Gasteiger partial charge in [-0.1, -0.05) is 16.9 Å². The molecule has 140 valence electrons. The van der Waals surface area contributed by atoms with E-state index < -0.39 is 11.6 Å². The zero-order valence-corrected chi connectivity index (χ0v) is 16.3. The van der Waals surface area contributed by atoms with Crippen molar-refractivity contribution < 1.29 is 23.7 Å². The first-order chi connectivity index (χ1) is 12.4. The van der Waals surface area contributed by atoms with Crippen molar-refractivity contribution in [2.24, 2.45) is 5.16 Å². The van der Waals surface area contributed by atoms with E-state index in [4.69, 9.17) is 14.1 Å². The molecule has 1 aliphatic heterocycles. The molecular formula is C15H16BrFN4O4S. The molecule has 0 bridgehead atoms. The number of hydrogen-bond donors (Lipinski definition) is 2. The van der Waals surface area contributed by atoms with Crippen LogP contribution in [-0.4, -0.2) is 45.6 Å². The van der Waals surface area contributed by atoms with Gasteiger partial charge in [-0.25, -0.2) is 9.02 Å². The van der Waals surface area contributed by atoms with Gasteiger partial charge < -0.3 is 20.0 Å². The number of nitrogens with zero attached hydrogens (tertiary/aromatic N) is 3. The summed E-state index contributed by atoms with van der Waals surface area (Å²) >= 11 is 4.44. The van der Waals surface area contributed by atoms with Crippen molar-refractivity contribution >= 4 is 39.2 Å². The van der Waals surface area contributed by atoms with E-state index in [0.717, 1.165) is 0 Å². The van der Waals surface area contributed by atoms with Crippen LogP contribution in [0.2, 0.25) is 0 Å². The number of anilines is 1. The van der Waals surface area contributed by atoms with Crippen LogP contribution in [0.1, 0.15) is 19.5 Å². The van der Waals surface area contributed by atoms with Gasteiger partial charge in [0.15, 0.2) is 16.5 Å². The zero-order valence-electron chi connectivity index (χ0n) is 13.9. The Kier molecular flexibility index (Phi) is 5.80. The van der Waals surface area contributed by atoms with Crippen molar-refractivity contribution in [3.8, 4) is 0 Å². The highest BCUT2D eigenvalue weighted by Gasteiger charge is 2.33. The van der Waals surface area contributed by atoms with Crippen LogP contribution in [0.3, 0.4) is 0 Å². The zero-order chi connectivity index (χ0) is 18.7. The van der Waals surface area contributed by atoms with Gasteiger partial charge >= 0.3 is 0 Å². The van der Waals surface area contributed by atoms with Crippen LogP contribution in [0.25, 0.3) is 0 Å². The Hall–Kier alpha value is -1.69. The van der Waals surface area contributed by atoms with E-state index in [2.05, 4.69) is 36.7 Å². The van der Waals surface area contributed by atoms with Crippen LogP contribution in [0.5, 0.6) is 0 Å². The monoisotopic (exact) mass is 446 g/mol. The molecule has 0 spiro atoms. The first-order valence-corrected chi connectivity index (χ1v) is 9.37. The van der Waals surface area contributed by atoms with E-state index >= 15 is 0 Å². The summed E-state index contributed by atoms with van der Waals surface area (Å²) in [5.74, 6) is -0.424. The molecule has 0 aliphatic carbocycles. The third-order valence-corrected chi connectivity index (χ3v) is 5.13. The summed E-state index contributed by atoms with van der Waals surface area (Å²) < 4.78 is 29.6. The van der Waals surface area contributed by atoms with Gasteiger partial charge in [0.2, 0.25) is 5.84 Å². The van der Waals surface area contributed by atoms with Gasteiger partial charge in [0, 0.05) is 11.4 Å². The number of nitrogens with one attached hydrogen (secondary N) is 1. The minimum absolute atomic E-state index is 0.0242. The minimum atomic E-state index is -0.606. The molecule has 2 N–H and O–H groups in total. The largest absolute Gasteiger partial charge is 0.409 e. The van der Waals surface area contributed by atoms with Crippen molar-refractivity contribution in [2.75, 3.05) is 17.7 Å². The maximum absolute atomic E-state index is 13.3. The Bertz CT molecular complexity index is 817. The Balaban J connectivity index is 1.68. The molecule has 1 fully saturated rings. The van der Waals surface area contributed by atoms with E-state index in [1.807, 2.05) is 13.8 Å². The summed E-state index contributed by atoms with van der Waals surface area (Å²) in [6.07, 6.45) is -0.102. The maximum atomic E-state index is 13.3. The van der Waals surface area contributed by atoms with Crippen LogP contribution in [0.15, 0.2) is 37.5 Å². The molecule has 26 heavy (non-hydrogen) atoms. The molecule has 0 radical (unpaired) electrons. The summed E-state index contributed by atoms with van der Waals surface area (Å²) in [5, 5.41) is 23.4. The average Bonchev–Trinajstić information content (AvgIpc) is 3.20. The Morgan fingerprint density at radius 2 is 2.31 bits per heavy atom. The van der Waals surface area contributed by atoms with Crippen molar-refractivity contribution in [1.29, 1.82) is 0 Å². The molecule has 0 amide bonds. The summed E-state index contributed by atoms with van der Waals surface area (Å²) in [6, 6.07) is 4.28. The molecule has 2 aromatic rings. The molecule has 1 aromatic heterocycles. The minimum Gasteiger partial charge on any atom is -0.409 e. The third kappa shape index (κ3) is 4.53. The first kappa shape index (κ1) is 19.1. The molecule has 11 heteroatoms. The average molecular weight is 447 g/mol. The van der Waals surface area contributed by atoms with Gasteiger partial charge in [-0.15, -0.1) is 0 Å². The van der Waals surface area contributed by atoms with Crippen LogP contribution < -0.4 is 5.32 Å². The SMILES string of the molecule is CC1(C)OC[C@H](CSc2nonc2C(=NO)Nc2ccc(F)c(Br)c2)O1. The molecule has 3 rings (SSSR count). The quantitative estimate of drug-likeness (QED) is 0.236. The summed E-state index contributed by atoms with van der Waals surface area (Å²) in [5.41, 5.74) is 0.732. The van der Waals surface area contributed by atoms with E-state index in [-0.39, 0.29) is 22.1 Å². The van der Waals surface area contributed by atoms with E-state index in [0.29, 0.717) is 23.1 Å². The fourth-order valence-corrected chi connectivity index (χ4v) is 3.52. The Morgan fingerprint density at radius 1 is 1.50 bits per heavy atom. The first-order valence-electron chi connectivity index (χ1n) is 7.59. The second kappa shape index (κ2) is 7.91. The second-order valence-electron chi connectivity index (χ2n) is 5.88. The number of benzene rings is 1. The van der Waals surface area contributed by atoms with Gasteiger partial charge in [0.25, 0.3) is 0 Å². The normalized spacial score (nSPS) is 19.7. The van der Waals surface area contributed by atoms with Gasteiger partial charge in [-0.3, -0.25) is 0 Å². The number of amidine groups is 1. The topological polar surface area (TPSA) is 102 Å². The number of oxime groups is 1. The van der Waals surface area contributed by atoms with Gasteiger partial charge in [0.1, 0.15) is 5.82 Å². The lowest BCUT2D eigenvalue weighted by Gasteiger charge is -2.16. The number of ether oxygens (including phenoxy) is 2. The number of halogens is 2. The second-order valence-corrected chi connectivity index (χ2v) is 7.75. The molecule has 1 aliphatic rings. The third-order valence-electron chi connectivity index (χ3n) is 3.44. The predicted octanol–water partition coefficient (Wildman–Crippen LogP) is 3.46. The fraction of sp³-hybridized carbons (Fsp3) is 0.400. The number of rotatable bonds is 5. The Morgan fingerprint density at radius 3 is 2.96 bits per heavy atom. The number of aromatic nitrogens is 2. The summed E-state index contributed by atoms with van der Waals surface area (Å²) in [7, 11) is 0. The van der Waals surface area contributed by atoms with Crippen molar-refractivity contribution in [1.82, 2.24) is 10.3 Å². The number of thioether (sulfide) groups is 1. The summed E-state index contributed by atoms with van der Waals surface area (Å²) in [6.45, 7) is 4.17. The summed E-state index contributed by atoms with van der Waals surface area (Å²) in [4.78, 5) is 0. The standard InChI is InChI=1S/C15H16BrFN4O4S/c1-15(2)23-6-9(24-15)7-26-14-12(20-25-21-14)13(19-22)18-8-3-4-11(17)10(16)5-8/h3-5,9,22H,6-7H2,1-2H3,(H,18,19)/t9-/m1/s1. The van der Waals surface area contributed by atoms with Crippen molar-refractivity contribution in [3.05, 3.63) is 34.2 Å². The van der Waals surface area contributed by atoms with Gasteiger partial charge in [-0.2, -0.15) is 0 Å². The molecular weight excluding hydrogens is 431 g/mol. The highest BCUT2D eigenvalue weighted by Crippen LogP contribution is 2.28. The molecule has 1 aromatic carbocycles. The van der Waals surface area contributed by atoms with Crippen LogP contribution in [0, 0.1) is 5.82 Å². The lowest BCUT2D eigenvalue weighted by atomic mass is 10.3. The van der Waals surface area contributed by atoms with Crippen LogP contribution >= 0.6 is 27.7 Å². The lowest BCUT2D eigenvalue weighted by molar-refractivity contribution is -0.135. The van der Waals surface area contributed by atoms with Crippen LogP contribution in [-0.2, 0) is 9.47 Å². The lowest BCUT2D eigenvalue weighted by Crippen LogP contribution is -2.22. The van der Waals surface area contributed by atoms with Gasteiger partial charge in [-0.05, 0) is 58.3 Å². The maximum Gasteiger partial charge on any atom is 0.202 e. The molecule has 1 atom stereocenters. The highest BCUT2D eigenvalue weighted by atomic mass is 79.9. The van der Waals surface area contributed by atoms with Crippen molar-refractivity contribution in [3.63, 3.8) is 0 Å². The van der Waals surface area contributed by atoms with Crippen LogP contribution in [0.4, 0.5) is 10.1 Å². The molecule has 8 nitrogen and oxygen atoms in total. The molecule has 0 saturated carbocycles. The smallest absolute Gasteiger partial charge is 0.202 e. The highest BCUT2D eigenvalue weighted by molar-refractivity contribution is 9.10. The molecule has 1 saturated heterocycles. The molecule has 0 unspecified atom stereocenters. The van der Waals surface area contributed by atoms with Crippen molar-refractivity contribution in [2.45, 2.75) is 30.8 Å². The fourth-order valence-electron chi connectivity index (χ4n) is 2.28. The van der Waals surface area contributed by atoms with E-state index in [1.54, 1.807) is 0 Å². The Labute approximate surface area is 161 Å². The number of hydrogen-bond acceptors (Lipinski definition) is 8. The molecule has 2 heterocycles. The van der Waals surface area contributed by atoms with E-state index in [1.165, 1.54) is 30.0 Å². The van der Waals surface area contributed by atoms with E-state index in [9.17, 15) is 9.60 Å². The predicted molar refractivity (Wildman–Crippen MR) is 96.0 cm³/mol.